The van der Waals surface area contributed by atoms with Crippen molar-refractivity contribution in [2.75, 3.05) is 13.2 Å². The largest absolute Gasteiger partial charge is 0.486 e. The summed E-state index contributed by atoms with van der Waals surface area (Å²) in [5.41, 5.74) is 0.709. The molecule has 0 aliphatic carbocycles. The van der Waals surface area contributed by atoms with Gasteiger partial charge in [-0.15, -0.1) is 0 Å². The number of carbonyl (C=O) groups is 1. The molecule has 2 aromatic carbocycles. The van der Waals surface area contributed by atoms with Crippen molar-refractivity contribution in [3.8, 4) is 17.2 Å². The second-order valence-electron chi connectivity index (χ2n) is 4.61. The van der Waals surface area contributed by atoms with Gasteiger partial charge in [0, 0.05) is 12.1 Å². The maximum absolute atomic E-state index is 12.8. The Bertz CT molecular complexity index is 707. The van der Waals surface area contributed by atoms with E-state index in [-0.39, 0.29) is 5.82 Å². The fraction of sp³-hybridized carbons (Fsp3) is 0.118. The van der Waals surface area contributed by atoms with Gasteiger partial charge in [0.25, 0.3) is 0 Å². The van der Waals surface area contributed by atoms with E-state index in [0.29, 0.717) is 36.0 Å². The number of halogens is 1. The molecule has 0 spiro atoms. The van der Waals surface area contributed by atoms with Crippen molar-refractivity contribution in [1.29, 1.82) is 0 Å². The van der Waals surface area contributed by atoms with E-state index in [1.165, 1.54) is 18.2 Å². The number of fused-ring (bicyclic) bond motifs is 1. The Morgan fingerprint density at radius 3 is 2.55 bits per heavy atom. The summed E-state index contributed by atoms with van der Waals surface area (Å²) >= 11 is 0. The average Bonchev–Trinajstić information content (AvgIpc) is 2.54. The first-order valence-corrected chi connectivity index (χ1v) is 6.76. The highest BCUT2D eigenvalue weighted by Gasteiger charge is 2.13. The molecule has 0 N–H and O–H groups in total. The summed E-state index contributed by atoms with van der Waals surface area (Å²) in [5.74, 6) is 0.710. The minimum atomic E-state index is -0.527. The molecule has 0 bridgehead atoms. The smallest absolute Gasteiger partial charge is 0.336 e. The molecule has 1 heterocycles. The van der Waals surface area contributed by atoms with Gasteiger partial charge in [0.15, 0.2) is 11.5 Å². The van der Waals surface area contributed by atoms with Crippen LogP contribution in [-0.4, -0.2) is 19.2 Å². The number of rotatable bonds is 3. The van der Waals surface area contributed by atoms with Crippen LogP contribution < -0.4 is 14.2 Å². The first-order valence-electron chi connectivity index (χ1n) is 6.76. The van der Waals surface area contributed by atoms with Crippen LogP contribution in [0.3, 0.4) is 0 Å². The van der Waals surface area contributed by atoms with Crippen molar-refractivity contribution in [2.24, 2.45) is 0 Å². The lowest BCUT2D eigenvalue weighted by Gasteiger charge is -2.18. The number of hydrogen-bond donors (Lipinski definition) is 0. The minimum absolute atomic E-state index is 0.323. The number of benzene rings is 2. The van der Waals surface area contributed by atoms with Crippen molar-refractivity contribution in [3.63, 3.8) is 0 Å². The zero-order valence-corrected chi connectivity index (χ0v) is 11.6. The van der Waals surface area contributed by atoms with Gasteiger partial charge in [0.2, 0.25) is 0 Å². The van der Waals surface area contributed by atoms with E-state index < -0.39 is 5.97 Å². The third-order valence-corrected chi connectivity index (χ3v) is 3.01. The SMILES string of the molecule is O=C(/C=C/c1ccc(F)cc1)Oc1ccc2c(c1)OCCO2. The summed E-state index contributed by atoms with van der Waals surface area (Å²) in [5, 5.41) is 0. The van der Waals surface area contributed by atoms with E-state index >= 15 is 0 Å². The maximum Gasteiger partial charge on any atom is 0.336 e. The Kier molecular flexibility index (Phi) is 4.05. The number of hydrogen-bond acceptors (Lipinski definition) is 4. The summed E-state index contributed by atoms with van der Waals surface area (Å²) in [6, 6.07) is 10.7. The van der Waals surface area contributed by atoms with Crippen molar-refractivity contribution in [1.82, 2.24) is 0 Å². The molecule has 22 heavy (non-hydrogen) atoms. The highest BCUT2D eigenvalue weighted by molar-refractivity contribution is 5.88. The number of carbonyl (C=O) groups excluding carboxylic acids is 1. The maximum atomic E-state index is 12.8. The molecule has 5 heteroatoms. The summed E-state index contributed by atoms with van der Waals surface area (Å²) in [6.07, 6.45) is 2.84. The Morgan fingerprint density at radius 1 is 1.05 bits per heavy atom. The first kappa shape index (κ1) is 14.1. The van der Waals surface area contributed by atoms with Gasteiger partial charge in [0.1, 0.15) is 24.8 Å². The Morgan fingerprint density at radius 2 is 1.77 bits per heavy atom. The van der Waals surface area contributed by atoms with E-state index in [9.17, 15) is 9.18 Å². The summed E-state index contributed by atoms with van der Waals surface area (Å²) in [7, 11) is 0. The lowest BCUT2D eigenvalue weighted by molar-refractivity contribution is -0.128. The van der Waals surface area contributed by atoms with Gasteiger partial charge < -0.3 is 14.2 Å². The van der Waals surface area contributed by atoms with Crippen LogP contribution in [-0.2, 0) is 4.79 Å². The molecule has 0 unspecified atom stereocenters. The van der Waals surface area contributed by atoms with E-state index in [2.05, 4.69) is 0 Å². The molecular formula is C17H13FO4. The van der Waals surface area contributed by atoms with Gasteiger partial charge in [0.05, 0.1) is 0 Å². The van der Waals surface area contributed by atoms with Gasteiger partial charge in [-0.2, -0.15) is 0 Å². The third-order valence-electron chi connectivity index (χ3n) is 3.01. The van der Waals surface area contributed by atoms with Crippen molar-refractivity contribution >= 4 is 12.0 Å². The third kappa shape index (κ3) is 3.44. The van der Waals surface area contributed by atoms with Gasteiger partial charge >= 0.3 is 5.97 Å². The van der Waals surface area contributed by atoms with Crippen molar-refractivity contribution in [2.45, 2.75) is 0 Å². The van der Waals surface area contributed by atoms with E-state index in [4.69, 9.17) is 14.2 Å². The predicted molar refractivity (Wildman–Crippen MR) is 78.5 cm³/mol. The molecular weight excluding hydrogens is 287 g/mol. The molecule has 1 aliphatic heterocycles. The van der Waals surface area contributed by atoms with Crippen LogP contribution in [0, 0.1) is 5.82 Å². The van der Waals surface area contributed by atoms with Crippen LogP contribution in [0.2, 0.25) is 0 Å². The second-order valence-corrected chi connectivity index (χ2v) is 4.61. The molecule has 0 saturated carbocycles. The van der Waals surface area contributed by atoms with Crippen molar-refractivity contribution in [3.05, 3.63) is 59.9 Å². The van der Waals surface area contributed by atoms with E-state index in [1.807, 2.05) is 0 Å². The predicted octanol–water partition coefficient (Wildman–Crippen LogP) is 3.22. The topological polar surface area (TPSA) is 44.8 Å². The number of esters is 1. The van der Waals surface area contributed by atoms with Gasteiger partial charge in [-0.25, -0.2) is 9.18 Å². The zero-order valence-electron chi connectivity index (χ0n) is 11.6. The van der Waals surface area contributed by atoms with Crippen LogP contribution in [0.25, 0.3) is 6.08 Å². The number of ether oxygens (including phenoxy) is 3. The normalized spacial score (nSPS) is 13.1. The first-order chi connectivity index (χ1) is 10.7. The minimum Gasteiger partial charge on any atom is -0.486 e. The van der Waals surface area contributed by atoms with Crippen LogP contribution in [0.4, 0.5) is 4.39 Å². The van der Waals surface area contributed by atoms with Crippen LogP contribution >= 0.6 is 0 Å². The highest BCUT2D eigenvalue weighted by Crippen LogP contribution is 2.33. The summed E-state index contributed by atoms with van der Waals surface area (Å²) in [6.45, 7) is 0.974. The monoisotopic (exact) mass is 300 g/mol. The van der Waals surface area contributed by atoms with Crippen LogP contribution in [0.15, 0.2) is 48.5 Å². The molecule has 0 aromatic heterocycles. The zero-order chi connectivity index (χ0) is 15.4. The molecule has 0 atom stereocenters. The van der Waals surface area contributed by atoms with Crippen LogP contribution in [0.1, 0.15) is 5.56 Å². The second kappa shape index (κ2) is 6.30. The summed E-state index contributed by atoms with van der Waals surface area (Å²) < 4.78 is 28.8. The molecule has 0 radical (unpaired) electrons. The fourth-order valence-electron chi connectivity index (χ4n) is 1.98. The highest BCUT2D eigenvalue weighted by atomic mass is 19.1. The molecule has 1 aliphatic rings. The Balaban J connectivity index is 1.65. The van der Waals surface area contributed by atoms with Gasteiger partial charge in [-0.05, 0) is 35.9 Å². The van der Waals surface area contributed by atoms with Crippen molar-refractivity contribution < 1.29 is 23.4 Å². The molecule has 0 fully saturated rings. The molecule has 2 aromatic rings. The lowest BCUT2D eigenvalue weighted by Crippen LogP contribution is -2.15. The van der Waals surface area contributed by atoms with Gasteiger partial charge in [-0.3, -0.25) is 0 Å². The Hall–Kier alpha value is -2.82. The fourth-order valence-corrected chi connectivity index (χ4v) is 1.98. The van der Waals surface area contributed by atoms with Crippen LogP contribution in [0.5, 0.6) is 17.2 Å². The Labute approximate surface area is 126 Å². The molecule has 0 amide bonds. The molecule has 0 saturated heterocycles. The van der Waals surface area contributed by atoms with E-state index in [0.717, 1.165) is 0 Å². The molecule has 3 rings (SSSR count). The van der Waals surface area contributed by atoms with Gasteiger partial charge in [-0.1, -0.05) is 12.1 Å². The molecule has 112 valence electrons. The lowest BCUT2D eigenvalue weighted by atomic mass is 10.2. The average molecular weight is 300 g/mol. The molecule has 4 nitrogen and oxygen atoms in total. The van der Waals surface area contributed by atoms with E-state index in [1.54, 1.807) is 36.4 Å². The standard InChI is InChI=1S/C17H13FO4/c18-13-4-1-12(2-5-13)3-8-17(19)22-14-6-7-15-16(11-14)21-10-9-20-15/h1-8,11H,9-10H2/b8-3+. The summed E-state index contributed by atoms with van der Waals surface area (Å²) in [4.78, 5) is 11.8. The quantitative estimate of drug-likeness (QED) is 0.496.